The number of hydrogen-bond donors (Lipinski definition) is 2. The molecule has 0 aromatic heterocycles. The van der Waals surface area contributed by atoms with Crippen LogP contribution in [-0.4, -0.2) is 37.7 Å². The number of carbonyl (C=O) groups excluding carboxylic acids is 1. The van der Waals surface area contributed by atoms with Gasteiger partial charge in [-0.15, -0.1) is 0 Å². The van der Waals surface area contributed by atoms with Crippen LogP contribution in [0.1, 0.15) is 51.9 Å². The summed E-state index contributed by atoms with van der Waals surface area (Å²) < 4.78 is 5.30. The second-order valence-electron chi connectivity index (χ2n) is 5.89. The highest BCUT2D eigenvalue weighted by Gasteiger charge is 2.24. The summed E-state index contributed by atoms with van der Waals surface area (Å²) in [5.74, 6) is 0.900. The highest BCUT2D eigenvalue weighted by Crippen LogP contribution is 2.26. The van der Waals surface area contributed by atoms with Gasteiger partial charge >= 0.3 is 0 Å². The molecule has 4 heteroatoms. The lowest BCUT2D eigenvalue weighted by Crippen LogP contribution is -2.47. The van der Waals surface area contributed by atoms with Crippen LogP contribution in [-0.2, 0) is 9.53 Å². The lowest BCUT2D eigenvalue weighted by molar-refractivity contribution is -0.121. The van der Waals surface area contributed by atoms with Crippen molar-refractivity contribution >= 4 is 5.91 Å². The summed E-state index contributed by atoms with van der Waals surface area (Å²) in [4.78, 5) is 11.9. The van der Waals surface area contributed by atoms with Crippen molar-refractivity contribution in [1.82, 2.24) is 10.6 Å². The second kappa shape index (κ2) is 7.85. The molecule has 2 fully saturated rings. The zero-order valence-corrected chi connectivity index (χ0v) is 12.1. The van der Waals surface area contributed by atoms with Gasteiger partial charge in [0.05, 0.1) is 6.54 Å². The first-order valence-corrected chi connectivity index (χ1v) is 7.90. The first-order valence-electron chi connectivity index (χ1n) is 7.90. The molecule has 0 radical (unpaired) electrons. The Morgan fingerprint density at radius 1 is 1.16 bits per heavy atom. The highest BCUT2D eigenvalue weighted by molar-refractivity contribution is 5.78. The van der Waals surface area contributed by atoms with Crippen molar-refractivity contribution in [2.75, 3.05) is 19.8 Å². The lowest BCUT2D eigenvalue weighted by Gasteiger charge is -2.32. The summed E-state index contributed by atoms with van der Waals surface area (Å²) in [5, 5.41) is 6.58. The number of amides is 1. The minimum atomic E-state index is 0.146. The third kappa shape index (κ3) is 4.77. The molecule has 2 N–H and O–H groups in total. The minimum Gasteiger partial charge on any atom is -0.381 e. The van der Waals surface area contributed by atoms with Crippen molar-refractivity contribution in [2.45, 2.75) is 64.0 Å². The molecule has 2 aliphatic rings. The molecule has 0 spiro atoms. The van der Waals surface area contributed by atoms with E-state index in [0.717, 1.165) is 32.0 Å². The molecule has 4 nitrogen and oxygen atoms in total. The zero-order valence-electron chi connectivity index (χ0n) is 12.1. The van der Waals surface area contributed by atoms with Crippen molar-refractivity contribution in [3.05, 3.63) is 0 Å². The third-order valence-corrected chi connectivity index (χ3v) is 4.54. The quantitative estimate of drug-likeness (QED) is 0.800. The number of carbonyl (C=O) groups is 1. The Balaban J connectivity index is 1.67. The van der Waals surface area contributed by atoms with Gasteiger partial charge in [-0.2, -0.15) is 0 Å². The predicted molar refractivity (Wildman–Crippen MR) is 76.0 cm³/mol. The SMILES string of the molecule is CCC1CCCCC1NCC(=O)NC1CCOCC1. The molecule has 1 heterocycles. The van der Waals surface area contributed by atoms with Crippen molar-refractivity contribution in [2.24, 2.45) is 5.92 Å². The Labute approximate surface area is 116 Å². The third-order valence-electron chi connectivity index (χ3n) is 4.54. The van der Waals surface area contributed by atoms with Gasteiger partial charge in [0.2, 0.25) is 5.91 Å². The summed E-state index contributed by atoms with van der Waals surface area (Å²) in [6.45, 7) is 4.28. The van der Waals surface area contributed by atoms with Crippen molar-refractivity contribution in [1.29, 1.82) is 0 Å². The Morgan fingerprint density at radius 2 is 1.89 bits per heavy atom. The first kappa shape index (κ1) is 14.8. The molecular weight excluding hydrogens is 240 g/mol. The Kier molecular flexibility index (Phi) is 6.11. The van der Waals surface area contributed by atoms with E-state index in [0.29, 0.717) is 18.6 Å². The monoisotopic (exact) mass is 268 g/mol. The van der Waals surface area contributed by atoms with Crippen LogP contribution < -0.4 is 10.6 Å². The Bertz CT molecular complexity index is 277. The number of ether oxygens (including phenoxy) is 1. The van der Waals surface area contributed by atoms with E-state index in [4.69, 9.17) is 4.74 Å². The maximum absolute atomic E-state index is 11.9. The fraction of sp³-hybridized carbons (Fsp3) is 0.933. The van der Waals surface area contributed by atoms with Gasteiger partial charge < -0.3 is 15.4 Å². The largest absolute Gasteiger partial charge is 0.381 e. The molecule has 1 saturated carbocycles. The van der Waals surface area contributed by atoms with E-state index < -0.39 is 0 Å². The fourth-order valence-electron chi connectivity index (χ4n) is 3.31. The van der Waals surface area contributed by atoms with Gasteiger partial charge in [0.25, 0.3) is 0 Å². The topological polar surface area (TPSA) is 50.4 Å². The number of hydrogen-bond acceptors (Lipinski definition) is 3. The highest BCUT2D eigenvalue weighted by atomic mass is 16.5. The van der Waals surface area contributed by atoms with Crippen LogP contribution in [0.5, 0.6) is 0 Å². The molecule has 1 amide bonds. The van der Waals surface area contributed by atoms with Gasteiger partial charge in [0, 0.05) is 25.3 Å². The van der Waals surface area contributed by atoms with Gasteiger partial charge in [-0.05, 0) is 31.6 Å². The molecular formula is C15H28N2O2. The summed E-state index contributed by atoms with van der Waals surface area (Å²) in [6, 6.07) is 0.857. The van der Waals surface area contributed by atoms with Gasteiger partial charge in [-0.1, -0.05) is 26.2 Å². The van der Waals surface area contributed by atoms with E-state index >= 15 is 0 Å². The molecule has 19 heavy (non-hydrogen) atoms. The minimum absolute atomic E-state index is 0.146. The van der Waals surface area contributed by atoms with E-state index in [-0.39, 0.29) is 5.91 Å². The molecule has 2 unspecified atom stereocenters. The normalized spacial score (nSPS) is 29.1. The van der Waals surface area contributed by atoms with Crippen LogP contribution in [0.4, 0.5) is 0 Å². The molecule has 2 atom stereocenters. The fourth-order valence-corrected chi connectivity index (χ4v) is 3.31. The van der Waals surface area contributed by atoms with E-state index in [1.165, 1.54) is 32.1 Å². The maximum atomic E-state index is 11.9. The number of nitrogens with one attached hydrogen (secondary N) is 2. The molecule has 1 aliphatic heterocycles. The van der Waals surface area contributed by atoms with Gasteiger partial charge in [0.1, 0.15) is 0 Å². The van der Waals surface area contributed by atoms with Crippen molar-refractivity contribution < 1.29 is 9.53 Å². The number of rotatable bonds is 5. The summed E-state index contributed by atoms with van der Waals surface area (Å²) in [6.07, 6.45) is 8.32. The van der Waals surface area contributed by atoms with Gasteiger partial charge in [-0.25, -0.2) is 0 Å². The van der Waals surface area contributed by atoms with Crippen LogP contribution in [0.25, 0.3) is 0 Å². The Morgan fingerprint density at radius 3 is 2.63 bits per heavy atom. The van der Waals surface area contributed by atoms with Crippen LogP contribution in [0.3, 0.4) is 0 Å². The Hall–Kier alpha value is -0.610. The summed E-state index contributed by atoms with van der Waals surface area (Å²) in [5.41, 5.74) is 0. The summed E-state index contributed by atoms with van der Waals surface area (Å²) >= 11 is 0. The van der Waals surface area contributed by atoms with Crippen LogP contribution in [0.15, 0.2) is 0 Å². The molecule has 1 saturated heterocycles. The van der Waals surface area contributed by atoms with Crippen molar-refractivity contribution in [3.63, 3.8) is 0 Å². The van der Waals surface area contributed by atoms with Crippen molar-refractivity contribution in [3.8, 4) is 0 Å². The summed E-state index contributed by atoms with van der Waals surface area (Å²) in [7, 11) is 0. The zero-order chi connectivity index (χ0) is 13.5. The van der Waals surface area contributed by atoms with Crippen LogP contribution in [0, 0.1) is 5.92 Å². The predicted octanol–water partition coefficient (Wildman–Crippen LogP) is 1.84. The molecule has 2 rings (SSSR count). The van der Waals surface area contributed by atoms with E-state index in [1.54, 1.807) is 0 Å². The molecule has 0 aromatic rings. The van der Waals surface area contributed by atoms with Crippen LogP contribution in [0.2, 0.25) is 0 Å². The van der Waals surface area contributed by atoms with Gasteiger partial charge in [-0.3, -0.25) is 4.79 Å². The average molecular weight is 268 g/mol. The molecule has 110 valence electrons. The van der Waals surface area contributed by atoms with E-state index in [2.05, 4.69) is 17.6 Å². The van der Waals surface area contributed by atoms with E-state index in [9.17, 15) is 4.79 Å². The van der Waals surface area contributed by atoms with E-state index in [1.807, 2.05) is 0 Å². The van der Waals surface area contributed by atoms with Crippen LogP contribution >= 0.6 is 0 Å². The molecule has 1 aliphatic carbocycles. The first-order chi connectivity index (χ1) is 9.29. The standard InChI is InChI=1S/C15H28N2O2/c1-2-12-5-3-4-6-14(12)16-11-15(18)17-13-7-9-19-10-8-13/h12-14,16H,2-11H2,1H3,(H,17,18). The van der Waals surface area contributed by atoms with Gasteiger partial charge in [0.15, 0.2) is 0 Å². The molecule has 0 aromatic carbocycles. The molecule has 0 bridgehead atoms. The lowest BCUT2D eigenvalue weighted by atomic mass is 9.83. The average Bonchev–Trinajstić information content (AvgIpc) is 2.46. The smallest absolute Gasteiger partial charge is 0.234 e. The second-order valence-corrected chi connectivity index (χ2v) is 5.89. The maximum Gasteiger partial charge on any atom is 0.234 e.